The van der Waals surface area contributed by atoms with Crippen LogP contribution in [0, 0.1) is 25.2 Å². The molecule has 0 spiro atoms. The minimum Gasteiger partial charge on any atom is -0.388 e. The van der Waals surface area contributed by atoms with E-state index in [1.807, 2.05) is 38.1 Å². The van der Waals surface area contributed by atoms with Crippen LogP contribution in [0.1, 0.15) is 37.2 Å². The minimum absolute atomic E-state index is 0.223. The minimum atomic E-state index is -0.960. The van der Waals surface area contributed by atoms with Gasteiger partial charge in [-0.05, 0) is 63.9 Å². The summed E-state index contributed by atoms with van der Waals surface area (Å²) in [6, 6.07) is 12.9. The molecule has 1 saturated heterocycles. The normalized spacial score (nSPS) is 15.8. The number of thiazole rings is 1. The Morgan fingerprint density at radius 1 is 1.22 bits per heavy atom. The number of urea groups is 1. The van der Waals surface area contributed by atoms with E-state index in [1.54, 1.807) is 30.9 Å². The Morgan fingerprint density at radius 3 is 2.53 bits per heavy atom. The van der Waals surface area contributed by atoms with E-state index in [9.17, 15) is 15.2 Å². The first-order chi connectivity index (χ1) is 15.2. The summed E-state index contributed by atoms with van der Waals surface area (Å²) in [7, 11) is 0. The fraction of sp³-hybridized carbons (Fsp3) is 0.333. The number of aliphatic hydroxyl groups is 1. The standard InChI is InChI=1S/C24H25N5O2S/c1-14-10-18(11-15(2)26-14)21-20(17-7-5-6-16(12-17)13-25)27-22(32-21)28-23(30)29-9-8-19(29)24(3,4)31/h5-7,10-12,19,31H,8-9H2,1-4H3,(H,27,28,30)/t19-/m1/s1. The highest BCUT2D eigenvalue weighted by molar-refractivity contribution is 7.19. The van der Waals surface area contributed by atoms with Crippen LogP contribution in [-0.2, 0) is 0 Å². The van der Waals surface area contributed by atoms with Crippen molar-refractivity contribution in [3.8, 4) is 27.8 Å². The number of hydrogen-bond donors (Lipinski definition) is 2. The molecule has 0 saturated carbocycles. The number of nitriles is 1. The van der Waals surface area contributed by atoms with Crippen LogP contribution in [0.15, 0.2) is 36.4 Å². The van der Waals surface area contributed by atoms with E-state index >= 15 is 0 Å². The van der Waals surface area contributed by atoms with Crippen LogP contribution in [0.2, 0.25) is 0 Å². The molecule has 3 aromatic rings. The van der Waals surface area contributed by atoms with Crippen molar-refractivity contribution in [2.75, 3.05) is 11.9 Å². The average Bonchev–Trinajstić information content (AvgIpc) is 3.08. The maximum absolute atomic E-state index is 12.9. The number of amides is 2. The number of rotatable bonds is 4. The molecule has 0 unspecified atom stereocenters. The van der Waals surface area contributed by atoms with Crippen LogP contribution >= 0.6 is 11.3 Å². The topological polar surface area (TPSA) is 102 Å². The molecule has 0 bridgehead atoms. The van der Waals surface area contributed by atoms with Gasteiger partial charge in [0.1, 0.15) is 0 Å². The Kier molecular flexibility index (Phi) is 5.71. The van der Waals surface area contributed by atoms with E-state index in [0.717, 1.165) is 33.8 Å². The van der Waals surface area contributed by atoms with Gasteiger partial charge in [0.05, 0.1) is 33.8 Å². The number of hydrogen-bond acceptors (Lipinski definition) is 6. The first-order valence-corrected chi connectivity index (χ1v) is 11.2. The largest absolute Gasteiger partial charge is 0.388 e. The molecule has 4 rings (SSSR count). The Hall–Kier alpha value is -3.28. The smallest absolute Gasteiger partial charge is 0.323 e. The molecular weight excluding hydrogens is 422 g/mol. The number of aryl methyl sites for hydroxylation is 2. The highest BCUT2D eigenvalue weighted by Crippen LogP contribution is 2.40. The lowest BCUT2D eigenvalue weighted by Crippen LogP contribution is -2.61. The molecule has 1 atom stereocenters. The van der Waals surface area contributed by atoms with Gasteiger partial charge in [0, 0.05) is 23.5 Å². The second-order valence-corrected chi connectivity index (χ2v) is 9.61. The lowest BCUT2D eigenvalue weighted by Gasteiger charge is -2.46. The quantitative estimate of drug-likeness (QED) is 0.601. The maximum Gasteiger partial charge on any atom is 0.323 e. The van der Waals surface area contributed by atoms with Gasteiger partial charge in [-0.2, -0.15) is 5.26 Å². The molecule has 1 aliphatic heterocycles. The molecule has 7 nitrogen and oxygen atoms in total. The summed E-state index contributed by atoms with van der Waals surface area (Å²) in [6.45, 7) is 7.91. The maximum atomic E-state index is 12.9. The number of nitrogens with zero attached hydrogens (tertiary/aromatic N) is 4. The summed E-state index contributed by atoms with van der Waals surface area (Å²) in [6.07, 6.45) is 0.766. The molecule has 0 aliphatic carbocycles. The number of pyridine rings is 1. The predicted molar refractivity (Wildman–Crippen MR) is 125 cm³/mol. The molecular formula is C24H25N5O2S. The third kappa shape index (κ3) is 4.35. The van der Waals surface area contributed by atoms with E-state index in [4.69, 9.17) is 4.98 Å². The monoisotopic (exact) mass is 447 g/mol. The summed E-state index contributed by atoms with van der Waals surface area (Å²) < 4.78 is 0. The number of aromatic nitrogens is 2. The summed E-state index contributed by atoms with van der Waals surface area (Å²) >= 11 is 1.38. The fourth-order valence-corrected chi connectivity index (χ4v) is 4.96. The van der Waals surface area contributed by atoms with Crippen molar-refractivity contribution in [2.24, 2.45) is 0 Å². The molecule has 8 heteroatoms. The molecule has 2 amide bonds. The number of nitrogens with one attached hydrogen (secondary N) is 1. The van der Waals surface area contributed by atoms with Crippen molar-refractivity contribution in [1.82, 2.24) is 14.9 Å². The summed E-state index contributed by atoms with van der Waals surface area (Å²) in [4.78, 5) is 24.6. The Morgan fingerprint density at radius 2 is 1.94 bits per heavy atom. The average molecular weight is 448 g/mol. The molecule has 0 radical (unpaired) electrons. The van der Waals surface area contributed by atoms with Gasteiger partial charge in [-0.25, -0.2) is 9.78 Å². The number of anilines is 1. The van der Waals surface area contributed by atoms with Gasteiger partial charge in [-0.1, -0.05) is 23.5 Å². The molecule has 1 aliphatic rings. The fourth-order valence-electron chi connectivity index (χ4n) is 3.99. The second-order valence-electron chi connectivity index (χ2n) is 8.61. The molecule has 1 fully saturated rings. The van der Waals surface area contributed by atoms with E-state index in [2.05, 4.69) is 16.4 Å². The Balaban J connectivity index is 1.72. The lowest BCUT2D eigenvalue weighted by molar-refractivity contribution is -0.0456. The first-order valence-electron chi connectivity index (χ1n) is 10.4. The van der Waals surface area contributed by atoms with Gasteiger partial charge in [0.2, 0.25) is 0 Å². The van der Waals surface area contributed by atoms with Crippen molar-refractivity contribution in [3.05, 3.63) is 53.3 Å². The highest BCUT2D eigenvalue weighted by atomic mass is 32.1. The number of carbonyl (C=O) groups is 1. The highest BCUT2D eigenvalue weighted by Gasteiger charge is 2.42. The molecule has 2 N–H and O–H groups in total. The summed E-state index contributed by atoms with van der Waals surface area (Å²) in [5, 5.41) is 23.0. The van der Waals surface area contributed by atoms with Crippen LogP contribution in [0.25, 0.3) is 21.7 Å². The van der Waals surface area contributed by atoms with Crippen LogP contribution in [0.5, 0.6) is 0 Å². The van der Waals surface area contributed by atoms with Crippen molar-refractivity contribution in [3.63, 3.8) is 0 Å². The van der Waals surface area contributed by atoms with Gasteiger partial charge < -0.3 is 10.0 Å². The molecule has 3 heterocycles. The third-order valence-electron chi connectivity index (χ3n) is 5.55. The molecule has 164 valence electrons. The zero-order valence-electron chi connectivity index (χ0n) is 18.5. The predicted octanol–water partition coefficient (Wildman–Crippen LogP) is 4.74. The third-order valence-corrected chi connectivity index (χ3v) is 6.57. The SMILES string of the molecule is Cc1cc(-c2sc(NC(=O)N3CC[C@@H]3C(C)(C)O)nc2-c2cccc(C#N)c2)cc(C)n1. The van der Waals surface area contributed by atoms with Crippen LogP contribution in [0.3, 0.4) is 0 Å². The van der Waals surface area contributed by atoms with Crippen LogP contribution in [-0.4, -0.2) is 44.2 Å². The Bertz CT molecular complexity index is 1200. The summed E-state index contributed by atoms with van der Waals surface area (Å²) in [5.74, 6) is 0. The van der Waals surface area contributed by atoms with Crippen LogP contribution in [0.4, 0.5) is 9.93 Å². The zero-order valence-corrected chi connectivity index (χ0v) is 19.3. The van der Waals surface area contributed by atoms with Gasteiger partial charge in [-0.3, -0.25) is 10.3 Å². The molecule has 32 heavy (non-hydrogen) atoms. The van der Waals surface area contributed by atoms with Crippen molar-refractivity contribution in [2.45, 2.75) is 45.8 Å². The van der Waals surface area contributed by atoms with Crippen molar-refractivity contribution < 1.29 is 9.90 Å². The van der Waals surface area contributed by atoms with Crippen molar-refractivity contribution >= 4 is 22.5 Å². The van der Waals surface area contributed by atoms with Crippen LogP contribution < -0.4 is 5.32 Å². The van der Waals surface area contributed by atoms with Gasteiger partial charge in [-0.15, -0.1) is 0 Å². The van der Waals surface area contributed by atoms with E-state index in [-0.39, 0.29) is 12.1 Å². The second kappa shape index (κ2) is 8.34. The Labute approximate surface area is 191 Å². The lowest BCUT2D eigenvalue weighted by atomic mass is 9.88. The van der Waals surface area contributed by atoms with E-state index < -0.39 is 5.60 Å². The number of carbonyl (C=O) groups excluding carboxylic acids is 1. The number of benzene rings is 1. The van der Waals surface area contributed by atoms with Crippen molar-refractivity contribution in [1.29, 1.82) is 5.26 Å². The summed E-state index contributed by atoms with van der Waals surface area (Å²) in [5.41, 5.74) is 3.84. The van der Waals surface area contributed by atoms with Gasteiger partial charge in [0.15, 0.2) is 5.13 Å². The zero-order chi connectivity index (χ0) is 23.0. The molecule has 1 aromatic carbocycles. The first kappa shape index (κ1) is 21.9. The number of likely N-dealkylation sites (tertiary alicyclic amines) is 1. The molecule has 2 aromatic heterocycles. The van der Waals surface area contributed by atoms with Gasteiger partial charge >= 0.3 is 6.03 Å². The van der Waals surface area contributed by atoms with Gasteiger partial charge in [0.25, 0.3) is 0 Å². The van der Waals surface area contributed by atoms with E-state index in [1.165, 1.54) is 11.3 Å². The van der Waals surface area contributed by atoms with E-state index in [0.29, 0.717) is 22.9 Å².